The molecule has 0 fully saturated rings. The molecule has 9 heteroatoms. The molecule has 1 N–H and O–H groups in total. The van der Waals surface area contributed by atoms with Crippen LogP contribution in [0.4, 0.5) is 4.39 Å². The molecule has 7 nitrogen and oxygen atoms in total. The molecule has 0 saturated heterocycles. The molecule has 0 spiro atoms. The van der Waals surface area contributed by atoms with E-state index in [0.717, 1.165) is 22.2 Å². The third-order valence-corrected chi connectivity index (χ3v) is 7.23. The third-order valence-electron chi connectivity index (χ3n) is 6.92. The molecule has 6 rings (SSSR count). The Bertz CT molecular complexity index is 1650. The number of imidazole rings is 1. The number of alkyl halides is 1. The number of amides is 1. The Morgan fingerprint density at radius 2 is 1.92 bits per heavy atom. The zero-order chi connectivity index (χ0) is 25.7. The Morgan fingerprint density at radius 3 is 2.65 bits per heavy atom. The van der Waals surface area contributed by atoms with Gasteiger partial charge in [-0.2, -0.15) is 5.10 Å². The molecule has 0 saturated carbocycles. The summed E-state index contributed by atoms with van der Waals surface area (Å²) in [5.74, 6) is 0.625. The van der Waals surface area contributed by atoms with E-state index in [4.69, 9.17) is 11.6 Å². The Kier molecular flexibility index (Phi) is 5.56. The highest BCUT2D eigenvalue weighted by molar-refractivity contribution is 6.34. The minimum absolute atomic E-state index is 0.0546. The second kappa shape index (κ2) is 8.81. The van der Waals surface area contributed by atoms with Gasteiger partial charge in [0, 0.05) is 6.42 Å². The number of fused-ring (bicyclic) bond motifs is 3. The lowest BCUT2D eigenvalue weighted by Crippen LogP contribution is -2.52. The van der Waals surface area contributed by atoms with E-state index in [1.54, 1.807) is 36.1 Å². The molecule has 1 unspecified atom stereocenters. The summed E-state index contributed by atoms with van der Waals surface area (Å²) >= 11 is 6.56. The Balaban J connectivity index is 1.40. The molecular formula is C28H24ClFN6O. The van der Waals surface area contributed by atoms with Crippen LogP contribution in [-0.4, -0.2) is 30.2 Å². The first kappa shape index (κ1) is 23.4. The standard InChI is InChI=1S/C28H24ClFN6O/c1-17-8-11-25-24(12-17)32-26-23(30)14-28(15-35(25)26,19-6-4-3-5-7-19)33-27(37)21-10-9-20(13-22(21)29)36-16-31-18(2)34-36/h3-13,16,23H,14-15H2,1-2H3,(H,33,37)/t23?,28-/m1/s1. The molecule has 2 atom stereocenters. The number of aromatic nitrogens is 5. The van der Waals surface area contributed by atoms with Crippen LogP contribution in [0.5, 0.6) is 0 Å². The van der Waals surface area contributed by atoms with Crippen molar-refractivity contribution in [3.8, 4) is 5.69 Å². The van der Waals surface area contributed by atoms with Gasteiger partial charge in [0.15, 0.2) is 6.17 Å². The van der Waals surface area contributed by atoms with Crippen molar-refractivity contribution in [2.45, 2.75) is 38.5 Å². The van der Waals surface area contributed by atoms with Gasteiger partial charge < -0.3 is 9.88 Å². The molecule has 1 amide bonds. The van der Waals surface area contributed by atoms with Gasteiger partial charge >= 0.3 is 0 Å². The van der Waals surface area contributed by atoms with Gasteiger partial charge in [0.2, 0.25) is 0 Å². The van der Waals surface area contributed by atoms with E-state index >= 15 is 4.39 Å². The Hall–Kier alpha value is -4.04. The summed E-state index contributed by atoms with van der Waals surface area (Å²) in [6.07, 6.45) is 0.276. The van der Waals surface area contributed by atoms with Crippen molar-refractivity contribution in [3.05, 3.63) is 106 Å². The molecule has 1 aliphatic rings. The quantitative estimate of drug-likeness (QED) is 0.337. The molecule has 3 heterocycles. The largest absolute Gasteiger partial charge is 0.341 e. The van der Waals surface area contributed by atoms with E-state index in [0.29, 0.717) is 29.4 Å². The topological polar surface area (TPSA) is 77.6 Å². The van der Waals surface area contributed by atoms with E-state index in [-0.39, 0.29) is 17.4 Å². The van der Waals surface area contributed by atoms with Crippen molar-refractivity contribution in [1.82, 2.24) is 29.6 Å². The van der Waals surface area contributed by atoms with Crippen molar-refractivity contribution in [3.63, 3.8) is 0 Å². The first-order valence-corrected chi connectivity index (χ1v) is 12.4. The number of halogens is 2. The van der Waals surface area contributed by atoms with E-state index in [2.05, 4.69) is 20.4 Å². The average molecular weight is 515 g/mol. The van der Waals surface area contributed by atoms with Crippen molar-refractivity contribution >= 4 is 28.5 Å². The Labute approximate surface area is 217 Å². The summed E-state index contributed by atoms with van der Waals surface area (Å²) in [7, 11) is 0. The number of aryl methyl sites for hydroxylation is 2. The van der Waals surface area contributed by atoms with Gasteiger partial charge in [-0.1, -0.05) is 48.0 Å². The molecule has 3 aromatic carbocycles. The SMILES string of the molecule is Cc1ccc2c(c1)nc1n2C[C@@](NC(=O)c2ccc(-n3cnc(C)n3)cc2Cl)(c2ccccc2)CC1F. The number of carbonyl (C=O) groups excluding carboxylic acids is 1. The van der Waals surface area contributed by atoms with Crippen molar-refractivity contribution in [2.75, 3.05) is 0 Å². The molecule has 186 valence electrons. The number of hydrogen-bond acceptors (Lipinski definition) is 4. The summed E-state index contributed by atoms with van der Waals surface area (Å²) in [5, 5.41) is 7.72. The lowest BCUT2D eigenvalue weighted by molar-refractivity contribution is 0.0810. The fourth-order valence-corrected chi connectivity index (χ4v) is 5.37. The van der Waals surface area contributed by atoms with E-state index in [9.17, 15) is 4.79 Å². The second-order valence-corrected chi connectivity index (χ2v) is 9.93. The van der Waals surface area contributed by atoms with Gasteiger partial charge in [0.1, 0.15) is 18.0 Å². The number of benzene rings is 3. The van der Waals surface area contributed by atoms with Gasteiger partial charge in [0.25, 0.3) is 5.91 Å². The molecule has 1 aliphatic heterocycles. The maximum Gasteiger partial charge on any atom is 0.253 e. The minimum Gasteiger partial charge on any atom is -0.341 e. The third kappa shape index (κ3) is 4.07. The maximum absolute atomic E-state index is 15.8. The van der Waals surface area contributed by atoms with Gasteiger partial charge in [-0.25, -0.2) is 19.0 Å². The molecule has 0 radical (unpaired) electrons. The fraction of sp³-hybridized carbons (Fsp3) is 0.214. The first-order chi connectivity index (χ1) is 17.8. The van der Waals surface area contributed by atoms with Gasteiger partial charge in [0.05, 0.1) is 39.4 Å². The molecular weight excluding hydrogens is 491 g/mol. The van der Waals surface area contributed by atoms with E-state index < -0.39 is 11.7 Å². The average Bonchev–Trinajstić information content (AvgIpc) is 3.48. The highest BCUT2D eigenvalue weighted by atomic mass is 35.5. The van der Waals surface area contributed by atoms with Crippen molar-refractivity contribution in [2.24, 2.45) is 0 Å². The normalized spacial score (nSPS) is 19.1. The lowest BCUT2D eigenvalue weighted by atomic mass is 9.81. The molecule has 0 bridgehead atoms. The summed E-state index contributed by atoms with van der Waals surface area (Å²) < 4.78 is 19.3. The molecule has 2 aromatic heterocycles. The summed E-state index contributed by atoms with van der Waals surface area (Å²) in [4.78, 5) is 22.4. The first-order valence-electron chi connectivity index (χ1n) is 12.0. The van der Waals surface area contributed by atoms with E-state index in [1.807, 2.05) is 60.0 Å². The van der Waals surface area contributed by atoms with Gasteiger partial charge in [-0.15, -0.1) is 0 Å². The van der Waals surface area contributed by atoms with Crippen LogP contribution in [-0.2, 0) is 12.1 Å². The summed E-state index contributed by atoms with van der Waals surface area (Å²) in [6, 6.07) is 20.5. The van der Waals surface area contributed by atoms with Crippen LogP contribution < -0.4 is 5.32 Å². The van der Waals surface area contributed by atoms with Crippen LogP contribution in [0, 0.1) is 13.8 Å². The van der Waals surface area contributed by atoms with Crippen molar-refractivity contribution < 1.29 is 9.18 Å². The number of nitrogens with zero attached hydrogens (tertiary/aromatic N) is 5. The monoisotopic (exact) mass is 514 g/mol. The summed E-state index contributed by atoms with van der Waals surface area (Å²) in [6.45, 7) is 4.12. The predicted molar refractivity (Wildman–Crippen MR) is 140 cm³/mol. The van der Waals surface area contributed by atoms with Crippen molar-refractivity contribution in [1.29, 1.82) is 0 Å². The Morgan fingerprint density at radius 1 is 1.11 bits per heavy atom. The van der Waals surface area contributed by atoms with Crippen LogP contribution in [0.25, 0.3) is 16.7 Å². The van der Waals surface area contributed by atoms with E-state index in [1.165, 1.54) is 0 Å². The predicted octanol–water partition coefficient (Wildman–Crippen LogP) is 5.63. The zero-order valence-electron chi connectivity index (χ0n) is 20.3. The van der Waals surface area contributed by atoms with Gasteiger partial charge in [-0.05, 0) is 55.3 Å². The van der Waals surface area contributed by atoms with Crippen LogP contribution in [0.2, 0.25) is 5.02 Å². The summed E-state index contributed by atoms with van der Waals surface area (Å²) in [5.41, 5.74) is 3.43. The highest BCUT2D eigenvalue weighted by Crippen LogP contribution is 2.42. The van der Waals surface area contributed by atoms with Crippen LogP contribution >= 0.6 is 11.6 Å². The molecule has 37 heavy (non-hydrogen) atoms. The zero-order valence-corrected chi connectivity index (χ0v) is 21.1. The van der Waals surface area contributed by atoms with Crippen LogP contribution in [0.3, 0.4) is 0 Å². The molecule has 5 aromatic rings. The molecule has 0 aliphatic carbocycles. The number of carbonyl (C=O) groups is 1. The second-order valence-electron chi connectivity index (χ2n) is 9.52. The van der Waals surface area contributed by atoms with Crippen LogP contribution in [0.15, 0.2) is 73.1 Å². The number of rotatable bonds is 4. The number of hydrogen-bond donors (Lipinski definition) is 1. The smallest absolute Gasteiger partial charge is 0.253 e. The highest BCUT2D eigenvalue weighted by Gasteiger charge is 2.44. The maximum atomic E-state index is 15.8. The number of nitrogens with one attached hydrogen (secondary N) is 1. The fourth-order valence-electron chi connectivity index (χ4n) is 5.11. The lowest BCUT2D eigenvalue weighted by Gasteiger charge is -2.40. The minimum atomic E-state index is -1.37. The van der Waals surface area contributed by atoms with Crippen LogP contribution in [0.1, 0.15) is 45.7 Å². The van der Waals surface area contributed by atoms with Gasteiger partial charge in [-0.3, -0.25) is 4.79 Å².